The first-order valence-corrected chi connectivity index (χ1v) is 7.54. The minimum atomic E-state index is -0.902. The summed E-state index contributed by atoms with van der Waals surface area (Å²) in [6.45, 7) is 4.05. The summed E-state index contributed by atoms with van der Waals surface area (Å²) < 4.78 is 36.6. The summed E-state index contributed by atoms with van der Waals surface area (Å²) in [4.78, 5) is 4.99. The molecule has 128 valence electrons. The Morgan fingerprint density at radius 3 is 2.61 bits per heavy atom. The number of hydrogen-bond donors (Lipinski definition) is 0. The molecule has 0 aliphatic carbocycles. The first-order chi connectivity index (χ1) is 10.9. The number of benzene rings is 1. The van der Waals surface area contributed by atoms with Crippen LogP contribution in [0.25, 0.3) is 0 Å². The summed E-state index contributed by atoms with van der Waals surface area (Å²) in [5, 5.41) is 2.91. The third-order valence-electron chi connectivity index (χ3n) is 2.33. The van der Waals surface area contributed by atoms with Crippen molar-refractivity contribution in [2.75, 3.05) is 19.8 Å². The smallest absolute Gasteiger partial charge is 0.188 e. The zero-order valence-corrected chi connectivity index (χ0v) is 14.3. The van der Waals surface area contributed by atoms with Crippen LogP contribution in [0.15, 0.2) is 28.7 Å². The lowest BCUT2D eigenvalue weighted by Gasteiger charge is -2.11. The van der Waals surface area contributed by atoms with Crippen LogP contribution < -0.4 is 9.47 Å². The first kappa shape index (κ1) is 19.5. The van der Waals surface area contributed by atoms with Crippen LogP contribution in [0.2, 0.25) is 5.02 Å². The van der Waals surface area contributed by atoms with E-state index in [1.807, 2.05) is 13.8 Å². The molecule has 1 aromatic rings. The quantitative estimate of drug-likeness (QED) is 0.346. The van der Waals surface area contributed by atoms with Gasteiger partial charge in [0.2, 0.25) is 0 Å². The highest BCUT2D eigenvalue weighted by Gasteiger charge is 2.12. The molecule has 1 rings (SSSR count). The maximum atomic E-state index is 13.9. The molecular weight excluding hydrogens is 351 g/mol. The maximum Gasteiger partial charge on any atom is 0.188 e. The van der Waals surface area contributed by atoms with Gasteiger partial charge < -0.3 is 14.3 Å². The molecule has 0 N–H and O–H groups in total. The minimum Gasteiger partial charge on any atom is -0.489 e. The summed E-state index contributed by atoms with van der Waals surface area (Å²) in [7, 11) is 0. The molecule has 0 spiro atoms. The average Bonchev–Trinajstić information content (AvgIpc) is 2.44. The lowest BCUT2D eigenvalue weighted by atomic mass is 10.3. The van der Waals surface area contributed by atoms with Crippen molar-refractivity contribution in [1.29, 1.82) is 0 Å². The van der Waals surface area contributed by atoms with Crippen LogP contribution in [0.4, 0.5) is 8.78 Å². The molecule has 0 fully saturated rings. The Morgan fingerprint density at radius 1 is 1.26 bits per heavy atom. The molecule has 0 aromatic heterocycles. The molecule has 0 bridgehead atoms. The van der Waals surface area contributed by atoms with Crippen LogP contribution in [-0.4, -0.2) is 25.5 Å². The van der Waals surface area contributed by atoms with Crippen LogP contribution in [0.3, 0.4) is 0 Å². The van der Waals surface area contributed by atoms with Gasteiger partial charge >= 0.3 is 0 Å². The Kier molecular flexibility index (Phi) is 8.73. The van der Waals surface area contributed by atoms with E-state index in [1.165, 1.54) is 6.07 Å². The molecule has 0 saturated heterocycles. The van der Waals surface area contributed by atoms with Crippen LogP contribution >= 0.6 is 23.2 Å². The standard InChI is InChI=1S/C15H17Cl2F2NO3/c1-10(2)20-23-6-3-5-22-15-12(16)8-11(9-13(15)18)21-7-4-14(17)19/h4,8-9H,3,5-7H2,1-2H3/b14-4-. The fourth-order valence-corrected chi connectivity index (χ4v) is 1.75. The maximum absolute atomic E-state index is 13.9. The third-order valence-corrected chi connectivity index (χ3v) is 2.77. The van der Waals surface area contributed by atoms with Gasteiger partial charge in [-0.1, -0.05) is 28.4 Å². The van der Waals surface area contributed by atoms with Gasteiger partial charge in [0.1, 0.15) is 19.0 Å². The zero-order chi connectivity index (χ0) is 17.2. The van der Waals surface area contributed by atoms with Crippen molar-refractivity contribution in [3.8, 4) is 11.5 Å². The van der Waals surface area contributed by atoms with Gasteiger partial charge in [-0.25, -0.2) is 4.39 Å². The van der Waals surface area contributed by atoms with Gasteiger partial charge in [0, 0.05) is 24.6 Å². The largest absolute Gasteiger partial charge is 0.489 e. The Labute approximate surface area is 143 Å². The second-order valence-corrected chi connectivity index (χ2v) is 5.36. The fraction of sp³-hybridized carbons (Fsp3) is 0.400. The Hall–Kier alpha value is -1.53. The minimum absolute atomic E-state index is 0.0543. The SMILES string of the molecule is CC(C)=NOCCCOc1c(F)cc(OC/C=C(\F)Cl)cc1Cl. The summed E-state index contributed by atoms with van der Waals surface area (Å²) in [6.07, 6.45) is 1.52. The summed E-state index contributed by atoms with van der Waals surface area (Å²) in [5.41, 5.74) is 0.805. The highest BCUT2D eigenvalue weighted by molar-refractivity contribution is 6.32. The van der Waals surface area contributed by atoms with Gasteiger partial charge in [-0.05, 0) is 13.8 Å². The predicted octanol–water partition coefficient (Wildman–Crippen LogP) is 5.09. The third kappa shape index (κ3) is 8.04. The van der Waals surface area contributed by atoms with E-state index in [4.69, 9.17) is 37.5 Å². The number of halogens is 4. The summed E-state index contributed by atoms with van der Waals surface area (Å²) >= 11 is 11.0. The monoisotopic (exact) mass is 367 g/mol. The molecular formula is C15H17Cl2F2NO3. The van der Waals surface area contributed by atoms with Crippen molar-refractivity contribution in [3.63, 3.8) is 0 Å². The predicted molar refractivity (Wildman–Crippen MR) is 86.8 cm³/mol. The number of ether oxygens (including phenoxy) is 2. The van der Waals surface area contributed by atoms with E-state index in [-0.39, 0.29) is 29.7 Å². The average molecular weight is 368 g/mol. The van der Waals surface area contributed by atoms with Gasteiger partial charge in [-0.15, -0.1) is 0 Å². The normalized spacial score (nSPS) is 11.1. The molecule has 1 aromatic carbocycles. The van der Waals surface area contributed by atoms with E-state index in [0.717, 1.165) is 17.9 Å². The van der Waals surface area contributed by atoms with Crippen LogP contribution in [-0.2, 0) is 4.84 Å². The van der Waals surface area contributed by atoms with E-state index in [9.17, 15) is 8.78 Å². The number of rotatable bonds is 9. The molecule has 8 heteroatoms. The van der Waals surface area contributed by atoms with E-state index in [1.54, 1.807) is 0 Å². The van der Waals surface area contributed by atoms with Gasteiger partial charge in [-0.3, -0.25) is 0 Å². The van der Waals surface area contributed by atoms with Crippen molar-refractivity contribution < 1.29 is 23.1 Å². The highest BCUT2D eigenvalue weighted by atomic mass is 35.5. The van der Waals surface area contributed by atoms with Gasteiger partial charge in [0.15, 0.2) is 16.9 Å². The van der Waals surface area contributed by atoms with Gasteiger partial charge in [-0.2, -0.15) is 4.39 Å². The van der Waals surface area contributed by atoms with Crippen LogP contribution in [0.5, 0.6) is 11.5 Å². The van der Waals surface area contributed by atoms with Crippen molar-refractivity contribution in [2.24, 2.45) is 5.16 Å². The van der Waals surface area contributed by atoms with E-state index < -0.39 is 11.1 Å². The highest BCUT2D eigenvalue weighted by Crippen LogP contribution is 2.32. The summed E-state index contributed by atoms with van der Waals surface area (Å²) in [5.74, 6) is -0.607. The second kappa shape index (κ2) is 10.3. The van der Waals surface area contributed by atoms with Crippen LogP contribution in [0.1, 0.15) is 20.3 Å². The van der Waals surface area contributed by atoms with E-state index in [2.05, 4.69) is 5.16 Å². The van der Waals surface area contributed by atoms with E-state index in [0.29, 0.717) is 13.0 Å². The molecule has 0 aliphatic heterocycles. The molecule has 0 unspecified atom stereocenters. The Bertz CT molecular complexity index is 549. The fourth-order valence-electron chi connectivity index (χ4n) is 1.43. The molecule has 23 heavy (non-hydrogen) atoms. The molecule has 4 nitrogen and oxygen atoms in total. The molecule has 0 heterocycles. The molecule has 0 radical (unpaired) electrons. The van der Waals surface area contributed by atoms with Gasteiger partial charge in [0.05, 0.1) is 17.3 Å². The first-order valence-electron chi connectivity index (χ1n) is 6.79. The second-order valence-electron chi connectivity index (χ2n) is 4.59. The van der Waals surface area contributed by atoms with Crippen molar-refractivity contribution in [1.82, 2.24) is 0 Å². The topological polar surface area (TPSA) is 40.0 Å². The van der Waals surface area contributed by atoms with Crippen molar-refractivity contribution in [2.45, 2.75) is 20.3 Å². The zero-order valence-electron chi connectivity index (χ0n) is 12.7. The van der Waals surface area contributed by atoms with Crippen molar-refractivity contribution in [3.05, 3.63) is 34.3 Å². The molecule has 0 atom stereocenters. The van der Waals surface area contributed by atoms with Crippen LogP contribution in [0, 0.1) is 5.82 Å². The number of hydrogen-bond acceptors (Lipinski definition) is 4. The van der Waals surface area contributed by atoms with Crippen molar-refractivity contribution >= 4 is 28.9 Å². The molecule has 0 saturated carbocycles. The lowest BCUT2D eigenvalue weighted by Crippen LogP contribution is -2.04. The molecule has 0 aliphatic rings. The van der Waals surface area contributed by atoms with Gasteiger partial charge in [0.25, 0.3) is 0 Å². The lowest BCUT2D eigenvalue weighted by molar-refractivity contribution is 0.126. The number of oxime groups is 1. The Morgan fingerprint density at radius 2 is 2.00 bits per heavy atom. The van der Waals surface area contributed by atoms with E-state index >= 15 is 0 Å². The number of nitrogens with zero attached hydrogens (tertiary/aromatic N) is 1. The summed E-state index contributed by atoms with van der Waals surface area (Å²) in [6, 6.07) is 2.48. The Balaban J connectivity index is 2.50. The molecule has 0 amide bonds.